The minimum atomic E-state index is -0.0395. The van der Waals surface area contributed by atoms with E-state index in [9.17, 15) is 4.79 Å². The van der Waals surface area contributed by atoms with Crippen molar-refractivity contribution in [2.45, 2.75) is 44.3 Å². The van der Waals surface area contributed by atoms with Crippen LogP contribution >= 0.6 is 0 Å². The van der Waals surface area contributed by atoms with E-state index in [0.29, 0.717) is 12.6 Å². The molecule has 0 amide bonds. The van der Waals surface area contributed by atoms with Gasteiger partial charge in [0.2, 0.25) is 0 Å². The van der Waals surface area contributed by atoms with Crippen LogP contribution in [0, 0.1) is 0 Å². The number of nitrogens with zero attached hydrogens (tertiary/aromatic N) is 3. The van der Waals surface area contributed by atoms with Crippen molar-refractivity contribution in [2.75, 3.05) is 13.2 Å². The number of rotatable bonds is 3. The summed E-state index contributed by atoms with van der Waals surface area (Å²) in [6.07, 6.45) is 8.19. The summed E-state index contributed by atoms with van der Waals surface area (Å²) >= 11 is 0. The van der Waals surface area contributed by atoms with E-state index in [2.05, 4.69) is 10.00 Å². The summed E-state index contributed by atoms with van der Waals surface area (Å²) in [5.74, 6) is -0.0395. The zero-order valence-electron chi connectivity index (χ0n) is 10.5. The van der Waals surface area contributed by atoms with Crippen LogP contribution in [0.1, 0.15) is 25.7 Å². The van der Waals surface area contributed by atoms with Gasteiger partial charge in [0.1, 0.15) is 6.04 Å². The second kappa shape index (κ2) is 5.10. The van der Waals surface area contributed by atoms with E-state index in [4.69, 9.17) is 4.74 Å². The maximum atomic E-state index is 11.7. The van der Waals surface area contributed by atoms with Crippen molar-refractivity contribution in [1.82, 2.24) is 14.7 Å². The molecule has 2 atom stereocenters. The standard InChI is InChI=1S/C13H19N3O2/c17-13-12(5-9-18-13)16-8-2-1-4-11(16)10-15-7-3-6-14-15/h3,6-7,11-12H,1-2,4-5,8-10H2/t11-,12+/m1/s1. The van der Waals surface area contributed by atoms with Crippen LogP contribution in [0.2, 0.25) is 0 Å². The van der Waals surface area contributed by atoms with Crippen molar-refractivity contribution < 1.29 is 9.53 Å². The monoisotopic (exact) mass is 249 g/mol. The SMILES string of the molecule is O=C1OCC[C@@H]1N1CCCC[C@@H]1Cn1cccn1. The van der Waals surface area contributed by atoms with Crippen LogP contribution in [-0.2, 0) is 16.1 Å². The van der Waals surface area contributed by atoms with Gasteiger partial charge in [-0.3, -0.25) is 14.4 Å². The van der Waals surface area contributed by atoms with Crippen LogP contribution in [0.15, 0.2) is 18.5 Å². The average Bonchev–Trinajstić information content (AvgIpc) is 3.02. The average molecular weight is 249 g/mol. The molecule has 0 N–H and O–H groups in total. The lowest BCUT2D eigenvalue weighted by atomic mass is 9.99. The highest BCUT2D eigenvalue weighted by molar-refractivity contribution is 5.77. The summed E-state index contributed by atoms with van der Waals surface area (Å²) in [4.78, 5) is 14.1. The Morgan fingerprint density at radius 3 is 3.06 bits per heavy atom. The zero-order chi connectivity index (χ0) is 12.4. The molecule has 0 aliphatic carbocycles. The number of aromatic nitrogens is 2. The molecule has 98 valence electrons. The van der Waals surface area contributed by atoms with Crippen molar-refractivity contribution >= 4 is 5.97 Å². The van der Waals surface area contributed by atoms with E-state index in [1.165, 1.54) is 12.8 Å². The van der Waals surface area contributed by atoms with Gasteiger partial charge in [0, 0.05) is 24.9 Å². The number of esters is 1. The molecule has 0 bridgehead atoms. The summed E-state index contributed by atoms with van der Waals surface area (Å²) in [5.41, 5.74) is 0. The zero-order valence-corrected chi connectivity index (χ0v) is 10.5. The molecular formula is C13H19N3O2. The molecule has 2 aliphatic heterocycles. The molecule has 5 heteroatoms. The maximum absolute atomic E-state index is 11.7. The number of cyclic esters (lactones) is 1. The first-order valence-corrected chi connectivity index (χ1v) is 6.74. The lowest BCUT2D eigenvalue weighted by Crippen LogP contribution is -2.49. The summed E-state index contributed by atoms with van der Waals surface area (Å²) in [5, 5.41) is 4.26. The van der Waals surface area contributed by atoms with Gasteiger partial charge in [0.15, 0.2) is 0 Å². The fraction of sp³-hybridized carbons (Fsp3) is 0.692. The molecule has 1 aromatic rings. The van der Waals surface area contributed by atoms with Gasteiger partial charge in [0.05, 0.1) is 13.2 Å². The Morgan fingerprint density at radius 1 is 1.39 bits per heavy atom. The number of carbonyl (C=O) groups is 1. The fourth-order valence-corrected chi connectivity index (χ4v) is 3.04. The van der Waals surface area contributed by atoms with E-state index in [1.807, 2.05) is 16.9 Å². The van der Waals surface area contributed by atoms with Gasteiger partial charge in [-0.1, -0.05) is 6.42 Å². The van der Waals surface area contributed by atoms with Crippen LogP contribution in [0.4, 0.5) is 0 Å². The molecule has 0 unspecified atom stereocenters. The lowest BCUT2D eigenvalue weighted by Gasteiger charge is -2.38. The Kier molecular flexibility index (Phi) is 3.32. The predicted octanol–water partition coefficient (Wildman–Crippen LogP) is 1.05. The van der Waals surface area contributed by atoms with Crippen molar-refractivity contribution in [3.05, 3.63) is 18.5 Å². The molecule has 2 fully saturated rings. The highest BCUT2D eigenvalue weighted by Crippen LogP contribution is 2.25. The number of ether oxygens (including phenoxy) is 1. The molecule has 0 saturated carbocycles. The lowest BCUT2D eigenvalue weighted by molar-refractivity contribution is -0.143. The van der Waals surface area contributed by atoms with Crippen LogP contribution in [0.5, 0.6) is 0 Å². The topological polar surface area (TPSA) is 47.4 Å². The second-order valence-corrected chi connectivity index (χ2v) is 5.09. The third-order valence-electron chi connectivity index (χ3n) is 3.94. The van der Waals surface area contributed by atoms with Gasteiger partial charge in [-0.05, 0) is 25.5 Å². The Hall–Kier alpha value is -1.36. The van der Waals surface area contributed by atoms with E-state index in [0.717, 1.165) is 25.9 Å². The van der Waals surface area contributed by atoms with Gasteiger partial charge in [-0.25, -0.2) is 0 Å². The van der Waals surface area contributed by atoms with Gasteiger partial charge < -0.3 is 4.74 Å². The first-order valence-electron chi connectivity index (χ1n) is 6.74. The van der Waals surface area contributed by atoms with Crippen molar-refractivity contribution in [3.63, 3.8) is 0 Å². The molecule has 3 heterocycles. The van der Waals surface area contributed by atoms with Crippen LogP contribution in [0.25, 0.3) is 0 Å². The van der Waals surface area contributed by atoms with Crippen LogP contribution < -0.4 is 0 Å². The Balaban J connectivity index is 1.71. The summed E-state index contributed by atoms with van der Waals surface area (Å²) in [7, 11) is 0. The van der Waals surface area contributed by atoms with Crippen molar-refractivity contribution in [2.24, 2.45) is 0 Å². The number of carbonyl (C=O) groups excluding carboxylic acids is 1. The molecule has 2 aliphatic rings. The largest absolute Gasteiger partial charge is 0.464 e. The quantitative estimate of drug-likeness (QED) is 0.751. The molecule has 0 aromatic carbocycles. The van der Waals surface area contributed by atoms with Gasteiger partial charge in [0.25, 0.3) is 0 Å². The Bertz CT molecular complexity index is 404. The van der Waals surface area contributed by atoms with Crippen molar-refractivity contribution in [1.29, 1.82) is 0 Å². The van der Waals surface area contributed by atoms with Crippen LogP contribution in [0.3, 0.4) is 0 Å². The molecule has 0 radical (unpaired) electrons. The minimum Gasteiger partial charge on any atom is -0.464 e. The van der Waals surface area contributed by atoms with E-state index in [-0.39, 0.29) is 12.0 Å². The smallest absolute Gasteiger partial charge is 0.323 e. The minimum absolute atomic E-state index is 0.0223. The van der Waals surface area contributed by atoms with Crippen molar-refractivity contribution in [3.8, 4) is 0 Å². The number of piperidine rings is 1. The molecular weight excluding hydrogens is 230 g/mol. The summed E-state index contributed by atoms with van der Waals surface area (Å²) in [6.45, 7) is 2.46. The molecule has 5 nitrogen and oxygen atoms in total. The molecule has 1 aromatic heterocycles. The van der Waals surface area contributed by atoms with E-state index in [1.54, 1.807) is 6.20 Å². The number of hydrogen-bond acceptors (Lipinski definition) is 4. The van der Waals surface area contributed by atoms with E-state index < -0.39 is 0 Å². The van der Waals surface area contributed by atoms with E-state index >= 15 is 0 Å². The Labute approximate surface area is 107 Å². The maximum Gasteiger partial charge on any atom is 0.323 e. The highest BCUT2D eigenvalue weighted by Gasteiger charge is 2.37. The summed E-state index contributed by atoms with van der Waals surface area (Å²) < 4.78 is 7.06. The highest BCUT2D eigenvalue weighted by atomic mass is 16.5. The van der Waals surface area contributed by atoms with Crippen LogP contribution in [-0.4, -0.2) is 45.9 Å². The predicted molar refractivity (Wildman–Crippen MR) is 65.9 cm³/mol. The van der Waals surface area contributed by atoms with Gasteiger partial charge >= 0.3 is 5.97 Å². The Morgan fingerprint density at radius 2 is 2.33 bits per heavy atom. The third kappa shape index (κ3) is 2.27. The normalized spacial score (nSPS) is 29.4. The fourth-order valence-electron chi connectivity index (χ4n) is 3.04. The summed E-state index contributed by atoms with van der Waals surface area (Å²) in [6, 6.07) is 2.33. The van der Waals surface area contributed by atoms with Gasteiger partial charge in [-0.15, -0.1) is 0 Å². The number of hydrogen-bond donors (Lipinski definition) is 0. The molecule has 0 spiro atoms. The molecule has 18 heavy (non-hydrogen) atoms. The number of likely N-dealkylation sites (tertiary alicyclic amines) is 1. The third-order valence-corrected chi connectivity index (χ3v) is 3.94. The molecule has 2 saturated heterocycles. The first kappa shape index (κ1) is 11.7. The van der Waals surface area contributed by atoms with Gasteiger partial charge in [-0.2, -0.15) is 5.10 Å². The first-order chi connectivity index (χ1) is 8.84. The second-order valence-electron chi connectivity index (χ2n) is 5.09. The molecule has 3 rings (SSSR count).